The Kier molecular flexibility index (Phi) is 5.72. The highest BCUT2D eigenvalue weighted by atomic mass is 35.5. The maximum atomic E-state index is 13.1. The van der Waals surface area contributed by atoms with Crippen molar-refractivity contribution in [2.24, 2.45) is 0 Å². The number of hydrogen-bond acceptors (Lipinski definition) is 3. The van der Waals surface area contributed by atoms with E-state index in [0.717, 1.165) is 11.1 Å². The standard InChI is InChI=1S/C21H23ClFNO3/c1-14-10-18(11-15(2)19(14)22)27-13-21(26)8-3-9-24(12-21)20(25)16-4-6-17(23)7-5-16/h4-7,10-11,26H,3,8-9,12-13H2,1-2H3. The van der Waals surface area contributed by atoms with Gasteiger partial charge in [-0.3, -0.25) is 4.79 Å². The van der Waals surface area contributed by atoms with Gasteiger partial charge in [0.1, 0.15) is 23.8 Å². The van der Waals surface area contributed by atoms with Gasteiger partial charge >= 0.3 is 0 Å². The van der Waals surface area contributed by atoms with Crippen LogP contribution in [0.5, 0.6) is 5.75 Å². The summed E-state index contributed by atoms with van der Waals surface area (Å²) in [5.41, 5.74) is 1.10. The van der Waals surface area contributed by atoms with Crippen LogP contribution in [-0.2, 0) is 0 Å². The van der Waals surface area contributed by atoms with Gasteiger partial charge in [-0.05, 0) is 74.2 Å². The van der Waals surface area contributed by atoms with Crippen molar-refractivity contribution in [2.75, 3.05) is 19.7 Å². The molecule has 4 nitrogen and oxygen atoms in total. The van der Waals surface area contributed by atoms with Gasteiger partial charge in [0.15, 0.2) is 0 Å². The van der Waals surface area contributed by atoms with Crippen molar-refractivity contribution in [3.8, 4) is 5.75 Å². The van der Waals surface area contributed by atoms with Gasteiger partial charge in [-0.25, -0.2) is 4.39 Å². The maximum absolute atomic E-state index is 13.1. The van der Waals surface area contributed by atoms with Crippen LogP contribution in [0.2, 0.25) is 5.02 Å². The third kappa shape index (κ3) is 4.60. The van der Waals surface area contributed by atoms with E-state index >= 15 is 0 Å². The van der Waals surface area contributed by atoms with Crippen LogP contribution in [0.4, 0.5) is 4.39 Å². The molecule has 0 spiro atoms. The first kappa shape index (κ1) is 19.6. The smallest absolute Gasteiger partial charge is 0.253 e. The number of carbonyl (C=O) groups excluding carboxylic acids is 1. The number of aliphatic hydroxyl groups is 1. The molecule has 1 atom stereocenters. The summed E-state index contributed by atoms with van der Waals surface area (Å²) < 4.78 is 18.9. The molecular formula is C21H23ClFNO3. The van der Waals surface area contributed by atoms with Crippen molar-refractivity contribution in [3.05, 3.63) is 63.9 Å². The fourth-order valence-corrected chi connectivity index (χ4v) is 3.49. The molecule has 0 aromatic heterocycles. The monoisotopic (exact) mass is 391 g/mol. The minimum absolute atomic E-state index is 0.0840. The van der Waals surface area contributed by atoms with E-state index in [1.165, 1.54) is 24.3 Å². The van der Waals surface area contributed by atoms with Crippen LogP contribution in [0.1, 0.15) is 34.3 Å². The molecule has 1 amide bonds. The molecule has 0 radical (unpaired) electrons. The summed E-state index contributed by atoms with van der Waals surface area (Å²) in [6.45, 7) is 4.62. The van der Waals surface area contributed by atoms with Gasteiger partial charge in [0.25, 0.3) is 5.91 Å². The van der Waals surface area contributed by atoms with E-state index in [1.807, 2.05) is 26.0 Å². The van der Waals surface area contributed by atoms with Gasteiger partial charge in [-0.1, -0.05) is 11.6 Å². The molecule has 1 fully saturated rings. The number of ether oxygens (including phenoxy) is 1. The van der Waals surface area contributed by atoms with Crippen molar-refractivity contribution >= 4 is 17.5 Å². The van der Waals surface area contributed by atoms with Crippen molar-refractivity contribution < 1.29 is 19.0 Å². The Morgan fingerprint density at radius 1 is 1.26 bits per heavy atom. The van der Waals surface area contributed by atoms with Crippen molar-refractivity contribution in [3.63, 3.8) is 0 Å². The molecule has 1 heterocycles. The molecule has 1 aliphatic heterocycles. The van der Waals surface area contributed by atoms with Gasteiger partial charge < -0.3 is 14.7 Å². The summed E-state index contributed by atoms with van der Waals surface area (Å²) in [5.74, 6) is 0.0415. The number of amides is 1. The summed E-state index contributed by atoms with van der Waals surface area (Å²) in [7, 11) is 0. The molecule has 6 heteroatoms. The third-order valence-electron chi connectivity index (χ3n) is 4.85. The average molecular weight is 392 g/mol. The van der Waals surface area contributed by atoms with E-state index in [1.54, 1.807) is 4.90 Å². The van der Waals surface area contributed by atoms with E-state index in [0.29, 0.717) is 35.7 Å². The first-order chi connectivity index (χ1) is 12.8. The maximum Gasteiger partial charge on any atom is 0.253 e. The second-order valence-corrected chi connectivity index (χ2v) is 7.60. The minimum atomic E-state index is -1.13. The number of piperidine rings is 1. The van der Waals surface area contributed by atoms with Gasteiger partial charge in [0.2, 0.25) is 0 Å². The Morgan fingerprint density at radius 3 is 2.52 bits per heavy atom. The Labute approximate surface area is 163 Å². The summed E-state index contributed by atoms with van der Waals surface area (Å²) in [6.07, 6.45) is 1.22. The topological polar surface area (TPSA) is 49.8 Å². The second-order valence-electron chi connectivity index (χ2n) is 7.22. The molecule has 2 aromatic rings. The lowest BCUT2D eigenvalue weighted by Crippen LogP contribution is -2.53. The van der Waals surface area contributed by atoms with E-state index in [-0.39, 0.29) is 24.9 Å². The van der Waals surface area contributed by atoms with E-state index in [4.69, 9.17) is 16.3 Å². The number of carbonyl (C=O) groups is 1. The second kappa shape index (κ2) is 7.87. The summed E-state index contributed by atoms with van der Waals surface area (Å²) >= 11 is 6.18. The SMILES string of the molecule is Cc1cc(OCC2(O)CCCN(C(=O)c3ccc(F)cc3)C2)cc(C)c1Cl. The number of likely N-dealkylation sites (tertiary alicyclic amines) is 1. The minimum Gasteiger partial charge on any atom is -0.491 e. The highest BCUT2D eigenvalue weighted by Gasteiger charge is 2.36. The quantitative estimate of drug-likeness (QED) is 0.852. The fraction of sp³-hybridized carbons (Fsp3) is 0.381. The lowest BCUT2D eigenvalue weighted by molar-refractivity contribution is -0.0532. The summed E-state index contributed by atoms with van der Waals surface area (Å²) in [5, 5.41) is 11.6. The molecule has 1 unspecified atom stereocenters. The zero-order valence-corrected chi connectivity index (χ0v) is 16.2. The lowest BCUT2D eigenvalue weighted by atomic mass is 9.93. The van der Waals surface area contributed by atoms with Crippen molar-refractivity contribution in [2.45, 2.75) is 32.3 Å². The third-order valence-corrected chi connectivity index (χ3v) is 5.45. The largest absolute Gasteiger partial charge is 0.491 e. The average Bonchev–Trinajstić information content (AvgIpc) is 2.64. The highest BCUT2D eigenvalue weighted by Crippen LogP contribution is 2.28. The molecule has 3 rings (SSSR count). The van der Waals surface area contributed by atoms with E-state index in [9.17, 15) is 14.3 Å². The molecule has 1 N–H and O–H groups in total. The van der Waals surface area contributed by atoms with Crippen LogP contribution < -0.4 is 4.74 Å². The van der Waals surface area contributed by atoms with Gasteiger partial charge in [-0.15, -0.1) is 0 Å². The van der Waals surface area contributed by atoms with Crippen LogP contribution in [0.15, 0.2) is 36.4 Å². The van der Waals surface area contributed by atoms with E-state index < -0.39 is 5.60 Å². The first-order valence-electron chi connectivity index (χ1n) is 8.94. The molecular weight excluding hydrogens is 369 g/mol. The lowest BCUT2D eigenvalue weighted by Gasteiger charge is -2.39. The normalized spacial score (nSPS) is 19.8. The van der Waals surface area contributed by atoms with Crippen LogP contribution in [0.25, 0.3) is 0 Å². The van der Waals surface area contributed by atoms with Gasteiger partial charge in [-0.2, -0.15) is 0 Å². The zero-order valence-electron chi connectivity index (χ0n) is 15.5. The van der Waals surface area contributed by atoms with Crippen molar-refractivity contribution in [1.82, 2.24) is 4.90 Å². The van der Waals surface area contributed by atoms with Crippen LogP contribution in [-0.4, -0.2) is 41.2 Å². The van der Waals surface area contributed by atoms with Crippen molar-refractivity contribution in [1.29, 1.82) is 0 Å². The van der Waals surface area contributed by atoms with Crippen LogP contribution >= 0.6 is 11.6 Å². The Balaban J connectivity index is 1.67. The van der Waals surface area contributed by atoms with E-state index in [2.05, 4.69) is 0 Å². The fourth-order valence-electron chi connectivity index (χ4n) is 3.39. The number of nitrogens with zero attached hydrogens (tertiary/aromatic N) is 1. The highest BCUT2D eigenvalue weighted by molar-refractivity contribution is 6.32. The molecule has 27 heavy (non-hydrogen) atoms. The molecule has 0 saturated carbocycles. The van der Waals surface area contributed by atoms with Gasteiger partial charge in [0, 0.05) is 17.1 Å². The number of halogens is 2. The van der Waals surface area contributed by atoms with Gasteiger partial charge in [0.05, 0.1) is 6.54 Å². The number of aryl methyl sites for hydroxylation is 2. The molecule has 1 saturated heterocycles. The number of β-amino-alcohol motifs (C(OH)–C–C–N with tert-alkyl or cyclic N) is 1. The van der Waals surface area contributed by atoms with Crippen LogP contribution in [0.3, 0.4) is 0 Å². The Bertz CT molecular complexity index is 817. The molecule has 0 aliphatic carbocycles. The number of hydrogen-bond donors (Lipinski definition) is 1. The zero-order chi connectivity index (χ0) is 19.6. The molecule has 2 aromatic carbocycles. The number of rotatable bonds is 4. The Hall–Kier alpha value is -2.11. The number of benzene rings is 2. The Morgan fingerprint density at radius 2 is 1.89 bits per heavy atom. The molecule has 1 aliphatic rings. The summed E-state index contributed by atoms with van der Waals surface area (Å²) in [6, 6.07) is 9.11. The predicted octanol–water partition coefficient (Wildman–Crippen LogP) is 4.14. The summed E-state index contributed by atoms with van der Waals surface area (Å²) in [4.78, 5) is 14.2. The molecule has 0 bridgehead atoms. The predicted molar refractivity (Wildman–Crippen MR) is 103 cm³/mol. The first-order valence-corrected chi connectivity index (χ1v) is 9.32. The molecule has 144 valence electrons. The van der Waals surface area contributed by atoms with Crippen LogP contribution in [0, 0.1) is 19.7 Å².